The third kappa shape index (κ3) is 6.67. The van der Waals surface area contributed by atoms with Crippen LogP contribution in [0.3, 0.4) is 0 Å². The van der Waals surface area contributed by atoms with Crippen molar-refractivity contribution in [3.63, 3.8) is 0 Å². The minimum atomic E-state index is -1.30. The molecule has 0 aromatic heterocycles. The average Bonchev–Trinajstić information content (AvgIpc) is 2.85. The largest absolute Gasteiger partial charge is 0.334 e. The van der Waals surface area contributed by atoms with Crippen molar-refractivity contribution in [2.75, 3.05) is 13.1 Å². The van der Waals surface area contributed by atoms with E-state index in [9.17, 15) is 14.4 Å². The lowest BCUT2D eigenvalue weighted by Crippen LogP contribution is -2.64. The topological polar surface area (TPSA) is 57.7 Å². The van der Waals surface area contributed by atoms with Crippen molar-refractivity contribution in [2.24, 2.45) is 5.41 Å². The van der Waals surface area contributed by atoms with Gasteiger partial charge in [-0.25, -0.2) is 4.79 Å². The lowest BCUT2D eigenvalue weighted by atomic mass is 9.80. The zero-order valence-electron chi connectivity index (χ0n) is 19.8. The number of barbiturate groups is 1. The van der Waals surface area contributed by atoms with Crippen LogP contribution < -0.4 is 0 Å². The number of allylic oxidation sites excluding steroid dienone is 2. The van der Waals surface area contributed by atoms with E-state index < -0.39 is 23.3 Å². The van der Waals surface area contributed by atoms with Crippen molar-refractivity contribution in [1.29, 1.82) is 0 Å². The fraction of sp³-hybridized carbons (Fsp3) is 0.250. The Kier molecular flexibility index (Phi) is 9.40. The number of imide groups is 2. The average molecular weight is 600 g/mol. The fourth-order valence-electron chi connectivity index (χ4n) is 3.82. The number of benzene rings is 2. The van der Waals surface area contributed by atoms with Gasteiger partial charge in [0.25, 0.3) is 0 Å². The third-order valence-corrected chi connectivity index (χ3v) is 6.94. The monoisotopic (exact) mass is 598 g/mol. The summed E-state index contributed by atoms with van der Waals surface area (Å²) >= 11 is 6.82. The Morgan fingerprint density at radius 3 is 1.57 bits per heavy atom. The summed E-state index contributed by atoms with van der Waals surface area (Å²) in [4.78, 5) is 42.4. The summed E-state index contributed by atoms with van der Waals surface area (Å²) in [6, 6.07) is 14.8. The summed E-state index contributed by atoms with van der Waals surface area (Å²) in [7, 11) is 0. The smallest absolute Gasteiger partial charge is 0.273 e. The van der Waals surface area contributed by atoms with E-state index in [0.29, 0.717) is 12.8 Å². The number of hydrogen-bond donors (Lipinski definition) is 0. The van der Waals surface area contributed by atoms with Gasteiger partial charge < -0.3 is 0 Å². The molecule has 0 saturated carbocycles. The highest BCUT2D eigenvalue weighted by Gasteiger charge is 2.53. The van der Waals surface area contributed by atoms with Crippen LogP contribution in [0.15, 0.2) is 81.8 Å². The lowest BCUT2D eigenvalue weighted by molar-refractivity contribution is -0.157. The molecule has 0 N–H and O–H groups in total. The van der Waals surface area contributed by atoms with Gasteiger partial charge in [-0.1, -0.05) is 92.6 Å². The second kappa shape index (κ2) is 12.3. The zero-order valence-corrected chi connectivity index (χ0v) is 23.0. The Labute approximate surface area is 223 Å². The predicted molar refractivity (Wildman–Crippen MR) is 147 cm³/mol. The Hall–Kier alpha value is -2.77. The zero-order chi connectivity index (χ0) is 25.4. The van der Waals surface area contributed by atoms with Gasteiger partial charge in [0.05, 0.1) is 0 Å². The summed E-state index contributed by atoms with van der Waals surface area (Å²) in [5, 5.41) is 0. The van der Waals surface area contributed by atoms with Crippen LogP contribution in [0.4, 0.5) is 4.79 Å². The molecule has 3 rings (SSSR count). The SMILES string of the molecule is C/C=C/CCC1(C)C(=O)N(C/C=C/c2ccc(Br)cc2)C(=O)N(C/C=C/c2ccc(Br)cc2)C1=O. The molecular weight excluding hydrogens is 572 g/mol. The van der Waals surface area contributed by atoms with Gasteiger partial charge in [-0.05, 0) is 62.1 Å². The van der Waals surface area contributed by atoms with E-state index in [1.165, 1.54) is 9.80 Å². The molecule has 5 nitrogen and oxygen atoms in total. The molecule has 2 aromatic rings. The Bertz CT molecular complexity index is 1070. The van der Waals surface area contributed by atoms with Crippen LogP contribution >= 0.6 is 31.9 Å². The molecule has 1 heterocycles. The van der Waals surface area contributed by atoms with Crippen LogP contribution in [0, 0.1) is 5.41 Å². The molecule has 0 bridgehead atoms. The van der Waals surface area contributed by atoms with E-state index in [-0.39, 0.29) is 13.1 Å². The molecule has 7 heteroatoms. The van der Waals surface area contributed by atoms with E-state index in [4.69, 9.17) is 0 Å². The first kappa shape index (κ1) is 26.8. The van der Waals surface area contributed by atoms with E-state index in [2.05, 4.69) is 31.9 Å². The Morgan fingerprint density at radius 1 is 0.743 bits per heavy atom. The van der Waals surface area contributed by atoms with Crippen molar-refractivity contribution in [3.8, 4) is 0 Å². The van der Waals surface area contributed by atoms with Gasteiger partial charge in [0.2, 0.25) is 11.8 Å². The molecule has 0 aliphatic carbocycles. The number of carbonyl (C=O) groups excluding carboxylic acids is 3. The highest BCUT2D eigenvalue weighted by atomic mass is 79.9. The van der Waals surface area contributed by atoms with E-state index in [1.807, 2.05) is 79.8 Å². The van der Waals surface area contributed by atoms with Gasteiger partial charge in [0.1, 0.15) is 5.41 Å². The number of urea groups is 1. The van der Waals surface area contributed by atoms with Crippen molar-refractivity contribution in [1.82, 2.24) is 9.80 Å². The van der Waals surface area contributed by atoms with Gasteiger partial charge in [-0.15, -0.1) is 0 Å². The molecule has 0 unspecified atom stereocenters. The van der Waals surface area contributed by atoms with Crippen LogP contribution in [-0.4, -0.2) is 40.7 Å². The third-order valence-electron chi connectivity index (χ3n) is 5.88. The van der Waals surface area contributed by atoms with Crippen molar-refractivity contribution in [2.45, 2.75) is 26.7 Å². The van der Waals surface area contributed by atoms with Crippen LogP contribution in [0.1, 0.15) is 37.8 Å². The first-order valence-electron chi connectivity index (χ1n) is 11.4. The minimum absolute atomic E-state index is 0.0904. The summed E-state index contributed by atoms with van der Waals surface area (Å²) in [5.41, 5.74) is 0.599. The maximum absolute atomic E-state index is 13.4. The second-order valence-corrected chi connectivity index (χ2v) is 10.3. The maximum Gasteiger partial charge on any atom is 0.334 e. The van der Waals surface area contributed by atoms with Crippen LogP contribution in [0.25, 0.3) is 12.2 Å². The van der Waals surface area contributed by atoms with Gasteiger partial charge in [-0.3, -0.25) is 19.4 Å². The van der Waals surface area contributed by atoms with E-state index in [0.717, 1.165) is 20.1 Å². The molecule has 182 valence electrons. The Balaban J connectivity index is 1.83. The maximum atomic E-state index is 13.4. The van der Waals surface area contributed by atoms with Gasteiger partial charge in [0.15, 0.2) is 0 Å². The van der Waals surface area contributed by atoms with Crippen molar-refractivity contribution < 1.29 is 14.4 Å². The number of halogens is 2. The van der Waals surface area contributed by atoms with Crippen LogP contribution in [-0.2, 0) is 9.59 Å². The number of amides is 4. The van der Waals surface area contributed by atoms with Crippen molar-refractivity contribution >= 4 is 61.9 Å². The number of carbonyl (C=O) groups is 3. The molecular formula is C28H28Br2N2O3. The van der Waals surface area contributed by atoms with Gasteiger partial charge in [0, 0.05) is 22.0 Å². The molecule has 1 aliphatic heterocycles. The molecule has 0 atom stereocenters. The van der Waals surface area contributed by atoms with Crippen LogP contribution in [0.5, 0.6) is 0 Å². The first-order chi connectivity index (χ1) is 16.8. The normalized spacial score (nSPS) is 16.4. The molecule has 2 aromatic carbocycles. The minimum Gasteiger partial charge on any atom is -0.273 e. The standard InChI is InChI=1S/C28H28Br2N2O3/c1-3-4-5-18-28(2)25(33)31(19-6-8-21-10-14-23(29)15-11-21)27(35)32(26(28)34)20-7-9-22-12-16-24(30)17-13-22/h3-4,6-17H,5,18-20H2,1-2H3/b4-3+,8-6+,9-7+. The highest BCUT2D eigenvalue weighted by molar-refractivity contribution is 9.10. The number of nitrogens with zero attached hydrogens (tertiary/aromatic N) is 2. The lowest BCUT2D eigenvalue weighted by Gasteiger charge is -2.41. The fourth-order valence-corrected chi connectivity index (χ4v) is 4.35. The molecule has 0 radical (unpaired) electrons. The van der Waals surface area contributed by atoms with Crippen molar-refractivity contribution in [3.05, 3.63) is 92.9 Å². The number of rotatable bonds is 9. The summed E-state index contributed by atoms with van der Waals surface area (Å²) < 4.78 is 1.94. The molecule has 1 aliphatic rings. The molecule has 35 heavy (non-hydrogen) atoms. The van der Waals surface area contributed by atoms with E-state index in [1.54, 1.807) is 19.1 Å². The molecule has 0 spiro atoms. The summed E-state index contributed by atoms with van der Waals surface area (Å²) in [5.74, 6) is -0.906. The quantitative estimate of drug-likeness (QED) is 0.228. The van der Waals surface area contributed by atoms with Gasteiger partial charge in [-0.2, -0.15) is 0 Å². The summed E-state index contributed by atoms with van der Waals surface area (Å²) in [6.07, 6.45) is 12.0. The summed E-state index contributed by atoms with van der Waals surface area (Å²) in [6.45, 7) is 3.72. The van der Waals surface area contributed by atoms with E-state index >= 15 is 0 Å². The second-order valence-electron chi connectivity index (χ2n) is 8.46. The van der Waals surface area contributed by atoms with Crippen LogP contribution in [0.2, 0.25) is 0 Å². The predicted octanol–water partition coefficient (Wildman–Crippen LogP) is 7.09. The molecule has 1 saturated heterocycles. The number of hydrogen-bond acceptors (Lipinski definition) is 3. The highest BCUT2D eigenvalue weighted by Crippen LogP contribution is 2.34. The molecule has 1 fully saturated rings. The molecule has 4 amide bonds. The first-order valence-corrected chi connectivity index (χ1v) is 13.0. The van der Waals surface area contributed by atoms with Gasteiger partial charge >= 0.3 is 6.03 Å². The Morgan fingerprint density at radius 2 is 1.17 bits per heavy atom.